The summed E-state index contributed by atoms with van der Waals surface area (Å²) >= 11 is 0. The van der Waals surface area contributed by atoms with Crippen LogP contribution in [0.25, 0.3) is 0 Å². The summed E-state index contributed by atoms with van der Waals surface area (Å²) in [6.07, 6.45) is -0.0981. The van der Waals surface area contributed by atoms with Gasteiger partial charge in [-0.1, -0.05) is 13.2 Å². The Labute approximate surface area is 87.1 Å². The average molecular weight is 218 g/mol. The van der Waals surface area contributed by atoms with E-state index in [9.17, 15) is 9.59 Å². The molecule has 3 N–H and O–H groups in total. The van der Waals surface area contributed by atoms with Crippen LogP contribution in [0.3, 0.4) is 0 Å². The Hall–Kier alpha value is -1.66. The molecule has 0 fully saturated rings. The molecule has 0 aliphatic carbocycles. The van der Waals surface area contributed by atoms with Crippen LogP contribution < -0.4 is 0 Å². The highest BCUT2D eigenvalue weighted by atomic mass is 16.6. The number of aliphatic carboxylic acids is 1. The van der Waals surface area contributed by atoms with E-state index < -0.39 is 24.8 Å². The molecular weight excluding hydrogens is 204 g/mol. The van der Waals surface area contributed by atoms with E-state index in [0.717, 1.165) is 6.08 Å². The fourth-order valence-corrected chi connectivity index (χ4v) is 0.322. The summed E-state index contributed by atoms with van der Waals surface area (Å²) in [4.78, 5) is 19.8. The van der Waals surface area contributed by atoms with E-state index in [1.54, 1.807) is 0 Å². The first kappa shape index (κ1) is 15.8. The molecule has 0 heterocycles. The van der Waals surface area contributed by atoms with Gasteiger partial charge in [0.1, 0.15) is 0 Å². The number of hydrogen-bond acceptors (Lipinski definition) is 5. The van der Waals surface area contributed by atoms with Gasteiger partial charge in [-0.25, -0.2) is 9.59 Å². The zero-order valence-corrected chi connectivity index (χ0v) is 8.34. The molecule has 0 saturated carbocycles. The van der Waals surface area contributed by atoms with Gasteiger partial charge in [-0.15, -0.1) is 0 Å². The highest BCUT2D eigenvalue weighted by Gasteiger charge is 2.12. The quantitative estimate of drug-likeness (QED) is 0.339. The van der Waals surface area contributed by atoms with E-state index in [2.05, 4.69) is 17.9 Å². The van der Waals surface area contributed by atoms with Crippen molar-refractivity contribution < 1.29 is 29.6 Å². The minimum Gasteiger partial charge on any atom is -0.478 e. The number of aliphatic hydroxyl groups excluding tert-OH is 2. The van der Waals surface area contributed by atoms with Gasteiger partial charge in [0.15, 0.2) is 6.79 Å². The molecule has 0 aromatic heterocycles. The minimum atomic E-state index is -0.981. The van der Waals surface area contributed by atoms with Gasteiger partial charge in [-0.2, -0.15) is 0 Å². The predicted molar refractivity (Wildman–Crippen MR) is 51.8 cm³/mol. The second-order valence-corrected chi connectivity index (χ2v) is 2.30. The van der Waals surface area contributed by atoms with Gasteiger partial charge >= 0.3 is 11.9 Å². The van der Waals surface area contributed by atoms with E-state index >= 15 is 0 Å². The molecule has 15 heavy (non-hydrogen) atoms. The van der Waals surface area contributed by atoms with Crippen molar-refractivity contribution in [1.82, 2.24) is 0 Å². The van der Waals surface area contributed by atoms with Gasteiger partial charge in [0, 0.05) is 6.08 Å². The molecule has 0 aromatic carbocycles. The standard InChI is InChI=1S/C6H10O4.C3H4O2/c1-4(5(2)8)6(9)10-3-7;1-2-3(4)5/h5,7-8H,1,3H2,2H3;2H,1H2,(H,4,5). The van der Waals surface area contributed by atoms with Crippen molar-refractivity contribution in [3.63, 3.8) is 0 Å². The largest absolute Gasteiger partial charge is 0.478 e. The Morgan fingerprint density at radius 2 is 1.93 bits per heavy atom. The number of carbonyl (C=O) groups excluding carboxylic acids is 1. The van der Waals surface area contributed by atoms with Crippen molar-refractivity contribution in [3.8, 4) is 0 Å². The van der Waals surface area contributed by atoms with E-state index in [1.807, 2.05) is 0 Å². The Morgan fingerprint density at radius 3 is 2.13 bits per heavy atom. The first-order chi connectivity index (χ1) is 6.86. The molecule has 6 nitrogen and oxygen atoms in total. The maximum absolute atomic E-state index is 10.5. The monoisotopic (exact) mass is 218 g/mol. The average Bonchev–Trinajstić information content (AvgIpc) is 2.17. The zero-order valence-electron chi connectivity index (χ0n) is 8.34. The third-order valence-corrected chi connectivity index (χ3v) is 1.14. The number of aliphatic hydroxyl groups is 2. The van der Waals surface area contributed by atoms with Gasteiger partial charge in [0.25, 0.3) is 0 Å². The zero-order chi connectivity index (χ0) is 12.4. The smallest absolute Gasteiger partial charge is 0.338 e. The fourth-order valence-electron chi connectivity index (χ4n) is 0.322. The highest BCUT2D eigenvalue weighted by molar-refractivity contribution is 5.88. The third-order valence-electron chi connectivity index (χ3n) is 1.14. The number of esters is 1. The topological polar surface area (TPSA) is 104 Å². The summed E-state index contributed by atoms with van der Waals surface area (Å²) in [5, 5.41) is 24.4. The summed E-state index contributed by atoms with van der Waals surface area (Å²) < 4.78 is 4.12. The van der Waals surface area contributed by atoms with Crippen LogP contribution in [0, 0.1) is 0 Å². The maximum atomic E-state index is 10.5. The number of rotatable bonds is 4. The summed E-state index contributed by atoms with van der Waals surface area (Å²) in [7, 11) is 0. The normalized spacial score (nSPS) is 10.3. The Kier molecular flexibility index (Phi) is 9.39. The lowest BCUT2D eigenvalue weighted by Gasteiger charge is -2.05. The van der Waals surface area contributed by atoms with Gasteiger partial charge in [-0.05, 0) is 6.92 Å². The van der Waals surface area contributed by atoms with Crippen LogP contribution in [0.15, 0.2) is 24.8 Å². The van der Waals surface area contributed by atoms with Gasteiger partial charge in [0.2, 0.25) is 0 Å². The van der Waals surface area contributed by atoms with E-state index in [0.29, 0.717) is 0 Å². The Morgan fingerprint density at radius 1 is 1.53 bits per heavy atom. The molecule has 0 amide bonds. The molecule has 0 aliphatic rings. The van der Waals surface area contributed by atoms with Gasteiger partial charge in [0.05, 0.1) is 11.7 Å². The molecule has 0 spiro atoms. The highest BCUT2D eigenvalue weighted by Crippen LogP contribution is 1.99. The second kappa shape index (κ2) is 8.92. The summed E-state index contributed by atoms with van der Waals surface area (Å²) in [6, 6.07) is 0. The van der Waals surface area contributed by atoms with Crippen LogP contribution in [-0.4, -0.2) is 40.2 Å². The van der Waals surface area contributed by atoms with Crippen LogP contribution >= 0.6 is 0 Å². The minimum absolute atomic E-state index is 0.0611. The fraction of sp³-hybridized carbons (Fsp3) is 0.333. The van der Waals surface area contributed by atoms with E-state index in [4.69, 9.17) is 15.3 Å². The van der Waals surface area contributed by atoms with Crippen molar-refractivity contribution >= 4 is 11.9 Å². The summed E-state index contributed by atoms with van der Waals surface area (Å²) in [6.45, 7) is 6.90. The van der Waals surface area contributed by atoms with Gasteiger partial charge in [-0.3, -0.25) is 0 Å². The SMILES string of the molecule is C=C(C(=O)OCO)C(C)O.C=CC(=O)O. The maximum Gasteiger partial charge on any atom is 0.338 e. The molecule has 6 heteroatoms. The summed E-state index contributed by atoms with van der Waals surface area (Å²) in [5.74, 6) is -1.76. The van der Waals surface area contributed by atoms with Crippen molar-refractivity contribution in [2.45, 2.75) is 13.0 Å². The molecule has 0 aliphatic heterocycles. The first-order valence-electron chi connectivity index (χ1n) is 3.87. The molecule has 0 saturated heterocycles. The molecule has 1 atom stereocenters. The van der Waals surface area contributed by atoms with Gasteiger partial charge < -0.3 is 20.1 Å². The van der Waals surface area contributed by atoms with Crippen molar-refractivity contribution in [2.24, 2.45) is 0 Å². The van der Waals surface area contributed by atoms with E-state index in [1.165, 1.54) is 6.92 Å². The van der Waals surface area contributed by atoms with Crippen LogP contribution in [0.5, 0.6) is 0 Å². The van der Waals surface area contributed by atoms with Crippen LogP contribution in [0.2, 0.25) is 0 Å². The number of carboxylic acid groups (broad SMARTS) is 1. The molecule has 0 radical (unpaired) electrons. The lowest BCUT2D eigenvalue weighted by molar-refractivity contribution is -0.148. The lowest BCUT2D eigenvalue weighted by atomic mass is 10.2. The first-order valence-corrected chi connectivity index (χ1v) is 3.87. The van der Waals surface area contributed by atoms with E-state index in [-0.39, 0.29) is 5.57 Å². The molecule has 86 valence electrons. The number of carbonyl (C=O) groups is 2. The molecule has 0 rings (SSSR count). The Balaban J connectivity index is 0. The van der Waals surface area contributed by atoms with Crippen LogP contribution in [-0.2, 0) is 14.3 Å². The number of carboxylic acids is 1. The van der Waals surface area contributed by atoms with Crippen LogP contribution in [0.4, 0.5) is 0 Å². The third kappa shape index (κ3) is 10.3. The molecular formula is C9H14O6. The molecule has 0 aromatic rings. The van der Waals surface area contributed by atoms with Crippen molar-refractivity contribution in [3.05, 3.63) is 24.8 Å². The van der Waals surface area contributed by atoms with Crippen molar-refractivity contribution in [1.29, 1.82) is 0 Å². The van der Waals surface area contributed by atoms with Crippen LogP contribution in [0.1, 0.15) is 6.92 Å². The lowest BCUT2D eigenvalue weighted by Crippen LogP contribution is -2.16. The van der Waals surface area contributed by atoms with Crippen molar-refractivity contribution in [2.75, 3.05) is 6.79 Å². The Bertz CT molecular complexity index is 243. The molecule has 1 unspecified atom stereocenters. The second-order valence-electron chi connectivity index (χ2n) is 2.30. The predicted octanol–water partition coefficient (Wildman–Crippen LogP) is -0.327. The number of ether oxygens (including phenoxy) is 1. The summed E-state index contributed by atoms with van der Waals surface area (Å²) in [5.41, 5.74) is -0.0611. The molecule has 0 bridgehead atoms. The number of hydrogen-bond donors (Lipinski definition) is 3.